The van der Waals surface area contributed by atoms with Crippen LogP contribution in [0.3, 0.4) is 0 Å². The fraction of sp³-hybridized carbons (Fsp3) is 0. The molecule has 0 aromatic carbocycles. The quantitative estimate of drug-likeness (QED) is 0.317. The van der Waals surface area contributed by atoms with Crippen molar-refractivity contribution in [2.45, 2.75) is 0 Å². The lowest BCUT2D eigenvalue weighted by molar-refractivity contribution is -0.127. The molecule has 0 aromatic heterocycles. The van der Waals surface area contributed by atoms with Gasteiger partial charge in [0.1, 0.15) is 0 Å². The van der Waals surface area contributed by atoms with Gasteiger partial charge in [0, 0.05) is 12.9 Å². The smallest absolute Gasteiger partial charge is 0.355 e. The van der Waals surface area contributed by atoms with Gasteiger partial charge in [-0.3, -0.25) is 0 Å². The van der Waals surface area contributed by atoms with Gasteiger partial charge < -0.3 is 4.18 Å². The number of rotatable bonds is 1. The van der Waals surface area contributed by atoms with Gasteiger partial charge in [0.25, 0.3) is 0 Å². The van der Waals surface area contributed by atoms with Crippen molar-refractivity contribution in [2.75, 3.05) is 0 Å². The van der Waals surface area contributed by atoms with Crippen molar-refractivity contribution in [1.82, 2.24) is 0 Å². The van der Waals surface area contributed by atoms with E-state index in [4.69, 9.17) is 0 Å². The molecule has 0 saturated carbocycles. The van der Waals surface area contributed by atoms with E-state index in [-0.39, 0.29) is 4.91 Å². The van der Waals surface area contributed by atoms with Gasteiger partial charge in [0.15, 0.2) is 0 Å². The van der Waals surface area contributed by atoms with Crippen LogP contribution in [0, 0.1) is 0 Å². The molecule has 7 heavy (non-hydrogen) atoms. The van der Waals surface area contributed by atoms with Crippen LogP contribution in [0.25, 0.3) is 0 Å². The molecule has 2 nitrogen and oxygen atoms in total. The van der Waals surface area contributed by atoms with Gasteiger partial charge in [-0.25, -0.2) is 4.79 Å². The van der Waals surface area contributed by atoms with E-state index in [1.807, 2.05) is 0 Å². The summed E-state index contributed by atoms with van der Waals surface area (Å²) in [5.74, 6) is -0.619. The predicted octanol–water partition coefficient (Wildman–Crippen LogP) is 0.818. The molecule has 0 aromatic rings. The summed E-state index contributed by atoms with van der Waals surface area (Å²) in [6.45, 7) is 3.17. The van der Waals surface area contributed by atoms with Gasteiger partial charge in [-0.2, -0.15) is 0 Å². The van der Waals surface area contributed by atoms with E-state index in [2.05, 4.69) is 36.3 Å². The summed E-state index contributed by atoms with van der Waals surface area (Å²) in [5, 5.41) is 0. The molecule has 0 aliphatic heterocycles. The summed E-state index contributed by atoms with van der Waals surface area (Å²) >= 11 is 6.75. The minimum atomic E-state index is -0.619. The van der Waals surface area contributed by atoms with Crippen LogP contribution in [0.4, 0.5) is 0 Å². The average molecular weight is 136 g/mol. The first-order valence-corrected chi connectivity index (χ1v) is 2.23. The lowest BCUT2D eigenvalue weighted by Gasteiger charge is -1.88. The van der Waals surface area contributed by atoms with E-state index in [1.165, 1.54) is 0 Å². The van der Waals surface area contributed by atoms with Gasteiger partial charge in [-0.05, 0) is 0 Å². The predicted molar refractivity (Wildman–Crippen MR) is 33.2 cm³/mol. The van der Waals surface area contributed by atoms with Crippen LogP contribution in [0.5, 0.6) is 0 Å². The average Bonchev–Trinajstić information content (AvgIpc) is 1.65. The zero-order chi connectivity index (χ0) is 5.86. The summed E-state index contributed by atoms with van der Waals surface area (Å²) in [6.07, 6.45) is 0. The Morgan fingerprint density at radius 1 is 1.71 bits per heavy atom. The van der Waals surface area contributed by atoms with E-state index < -0.39 is 5.97 Å². The summed E-state index contributed by atoms with van der Waals surface area (Å²) < 4.78 is 3.89. The Morgan fingerprint density at radius 2 is 2.14 bits per heavy atom. The monoisotopic (exact) mass is 136 g/mol. The third-order valence-electron chi connectivity index (χ3n) is 0.319. The first kappa shape index (κ1) is 6.91. The van der Waals surface area contributed by atoms with Gasteiger partial charge >= 0.3 is 5.97 Å². The Labute approximate surface area is 52.6 Å². The van der Waals surface area contributed by atoms with E-state index >= 15 is 0 Å². The molecule has 0 spiro atoms. The Balaban J connectivity index is 3.58. The standard InChI is InChI=1S/C3H4O2S2/c1-2(6)3(4)5-7/h6-7H,1H2. The molecular formula is C3H4O2S2. The Kier molecular flexibility index (Phi) is 2.95. The van der Waals surface area contributed by atoms with Crippen LogP contribution in [0.15, 0.2) is 11.5 Å². The Bertz CT molecular complexity index is 99.1. The maximum atomic E-state index is 10.0. The number of carbonyl (C=O) groups is 1. The number of hydrogen-bond donors (Lipinski definition) is 2. The van der Waals surface area contributed by atoms with Crippen molar-refractivity contribution in [3.63, 3.8) is 0 Å². The van der Waals surface area contributed by atoms with E-state index in [0.717, 1.165) is 0 Å². The minimum absolute atomic E-state index is 0.0509. The maximum absolute atomic E-state index is 10.0. The Hall–Kier alpha value is -0.0900. The fourth-order valence-electron chi connectivity index (χ4n) is 0.0527. The summed E-state index contributed by atoms with van der Waals surface area (Å²) in [5.41, 5.74) is 0. The molecule has 0 bridgehead atoms. The second kappa shape index (κ2) is 2.98. The largest absolute Gasteiger partial charge is 0.391 e. The molecule has 0 radical (unpaired) electrons. The highest BCUT2D eigenvalue weighted by atomic mass is 32.1. The second-order valence-corrected chi connectivity index (χ2v) is 1.55. The molecule has 0 N–H and O–H groups in total. The van der Waals surface area contributed by atoms with E-state index in [9.17, 15) is 4.79 Å². The molecule has 0 rings (SSSR count). The highest BCUT2D eigenvalue weighted by molar-refractivity contribution is 7.85. The summed E-state index contributed by atoms with van der Waals surface area (Å²) in [6, 6.07) is 0. The van der Waals surface area contributed by atoms with Crippen molar-refractivity contribution in [3.05, 3.63) is 11.5 Å². The SMILES string of the molecule is C=C(S)C(=O)OS. The third kappa shape index (κ3) is 2.59. The molecule has 0 aliphatic carbocycles. The van der Waals surface area contributed by atoms with E-state index in [1.54, 1.807) is 0 Å². The third-order valence-corrected chi connectivity index (χ3v) is 0.667. The lowest BCUT2D eigenvalue weighted by atomic mass is 10.7. The molecule has 0 atom stereocenters. The van der Waals surface area contributed by atoms with Gasteiger partial charge in [-0.15, -0.1) is 12.6 Å². The zero-order valence-corrected chi connectivity index (χ0v) is 5.21. The van der Waals surface area contributed by atoms with E-state index in [0.29, 0.717) is 0 Å². The van der Waals surface area contributed by atoms with Gasteiger partial charge in [0.05, 0.1) is 4.91 Å². The highest BCUT2D eigenvalue weighted by Crippen LogP contribution is 1.98. The van der Waals surface area contributed by atoms with Crippen LogP contribution in [-0.4, -0.2) is 5.97 Å². The van der Waals surface area contributed by atoms with Crippen LogP contribution in [0.2, 0.25) is 0 Å². The van der Waals surface area contributed by atoms with Crippen molar-refractivity contribution >= 4 is 31.5 Å². The van der Waals surface area contributed by atoms with Gasteiger partial charge in [-0.1, -0.05) is 6.58 Å². The zero-order valence-electron chi connectivity index (χ0n) is 3.42. The Morgan fingerprint density at radius 3 is 2.14 bits per heavy atom. The van der Waals surface area contributed by atoms with Crippen molar-refractivity contribution < 1.29 is 8.98 Å². The molecule has 0 heterocycles. The van der Waals surface area contributed by atoms with Gasteiger partial charge in [0.2, 0.25) is 0 Å². The molecule has 0 amide bonds. The molecule has 0 saturated heterocycles. The number of hydrogen-bond acceptors (Lipinski definition) is 4. The minimum Gasteiger partial charge on any atom is -0.391 e. The van der Waals surface area contributed by atoms with Crippen molar-refractivity contribution in [2.24, 2.45) is 0 Å². The van der Waals surface area contributed by atoms with Crippen LogP contribution < -0.4 is 0 Å². The van der Waals surface area contributed by atoms with Crippen molar-refractivity contribution in [1.29, 1.82) is 0 Å². The first-order valence-electron chi connectivity index (χ1n) is 1.42. The summed E-state index contributed by atoms with van der Waals surface area (Å²) in [7, 11) is 0. The highest BCUT2D eigenvalue weighted by Gasteiger charge is 1.98. The fourth-order valence-corrected chi connectivity index (χ4v) is 0.281. The lowest BCUT2D eigenvalue weighted by Crippen LogP contribution is -1.93. The van der Waals surface area contributed by atoms with Crippen molar-refractivity contribution in [3.8, 4) is 0 Å². The maximum Gasteiger partial charge on any atom is 0.355 e. The number of thiol groups is 2. The first-order chi connectivity index (χ1) is 3.18. The molecule has 0 unspecified atom stereocenters. The normalized spacial score (nSPS) is 7.71. The van der Waals surface area contributed by atoms with Crippen LogP contribution >= 0.6 is 25.5 Å². The molecular weight excluding hydrogens is 132 g/mol. The molecule has 0 fully saturated rings. The van der Waals surface area contributed by atoms with Crippen LogP contribution in [-0.2, 0) is 8.98 Å². The molecule has 40 valence electrons. The second-order valence-electron chi connectivity index (χ2n) is 0.825. The summed E-state index contributed by atoms with van der Waals surface area (Å²) in [4.78, 5) is 10.1. The number of carbonyl (C=O) groups excluding carboxylic acids is 1. The molecule has 4 heteroatoms. The molecule has 0 aliphatic rings. The van der Waals surface area contributed by atoms with Crippen LogP contribution in [0.1, 0.15) is 0 Å². The topological polar surface area (TPSA) is 26.3 Å².